The molecule has 102 valence electrons. The molecule has 19 heavy (non-hydrogen) atoms. The zero-order chi connectivity index (χ0) is 13.7. The van der Waals surface area contributed by atoms with Crippen LogP contribution in [0.15, 0.2) is 30.3 Å². The van der Waals surface area contributed by atoms with E-state index in [9.17, 15) is 0 Å². The maximum absolute atomic E-state index is 5.83. The molecule has 4 nitrogen and oxygen atoms in total. The summed E-state index contributed by atoms with van der Waals surface area (Å²) in [7, 11) is 0. The maximum atomic E-state index is 5.83. The van der Waals surface area contributed by atoms with Crippen LogP contribution in [0.2, 0.25) is 0 Å². The van der Waals surface area contributed by atoms with Gasteiger partial charge in [0.05, 0.1) is 0 Å². The van der Waals surface area contributed by atoms with Crippen molar-refractivity contribution in [2.75, 3.05) is 11.9 Å². The van der Waals surface area contributed by atoms with E-state index >= 15 is 0 Å². The second-order valence-electron chi connectivity index (χ2n) is 4.88. The van der Waals surface area contributed by atoms with E-state index in [4.69, 9.17) is 5.73 Å². The lowest BCUT2D eigenvalue weighted by atomic mass is 10.1. The first kappa shape index (κ1) is 14.0. The number of benzene rings is 1. The molecule has 0 saturated heterocycles. The van der Waals surface area contributed by atoms with Gasteiger partial charge >= 0.3 is 0 Å². The topological polar surface area (TPSA) is 63.8 Å². The zero-order valence-corrected chi connectivity index (χ0v) is 12.2. The molecule has 3 N–H and O–H groups in total. The Morgan fingerprint density at radius 3 is 2.58 bits per heavy atom. The summed E-state index contributed by atoms with van der Waals surface area (Å²) in [6, 6.07) is 10.5. The van der Waals surface area contributed by atoms with Crippen molar-refractivity contribution in [2.45, 2.75) is 32.2 Å². The molecule has 0 bridgehead atoms. The van der Waals surface area contributed by atoms with E-state index in [1.165, 1.54) is 17.1 Å². The predicted octanol–water partition coefficient (Wildman–Crippen LogP) is 2.64. The molecule has 0 amide bonds. The lowest BCUT2D eigenvalue weighted by Crippen LogP contribution is -2.31. The van der Waals surface area contributed by atoms with Gasteiger partial charge < -0.3 is 11.1 Å². The van der Waals surface area contributed by atoms with Gasteiger partial charge in [0, 0.05) is 30.0 Å². The van der Waals surface area contributed by atoms with Gasteiger partial charge in [0.25, 0.3) is 0 Å². The summed E-state index contributed by atoms with van der Waals surface area (Å²) in [6.45, 7) is 4.76. The summed E-state index contributed by atoms with van der Waals surface area (Å²) in [5, 5.41) is 4.23. The second-order valence-corrected chi connectivity index (χ2v) is 5.63. The summed E-state index contributed by atoms with van der Waals surface area (Å²) in [4.78, 5) is 4.48. The average Bonchev–Trinajstić information content (AvgIpc) is 2.88. The lowest BCUT2D eigenvalue weighted by Gasteiger charge is -2.15. The van der Waals surface area contributed by atoms with Crippen LogP contribution in [-0.2, 0) is 6.42 Å². The number of nitrogens with two attached hydrogens (primary N) is 1. The first-order chi connectivity index (χ1) is 9.19. The van der Waals surface area contributed by atoms with Crippen LogP contribution in [0, 0.1) is 0 Å². The van der Waals surface area contributed by atoms with Crippen molar-refractivity contribution in [2.24, 2.45) is 5.73 Å². The Kier molecular flexibility index (Phi) is 4.87. The second kappa shape index (κ2) is 6.63. The van der Waals surface area contributed by atoms with Crippen LogP contribution in [0.4, 0.5) is 5.13 Å². The number of nitrogens with zero attached hydrogens (tertiary/aromatic N) is 2. The highest BCUT2D eigenvalue weighted by molar-refractivity contribution is 7.09. The fourth-order valence-corrected chi connectivity index (χ4v) is 2.58. The Morgan fingerprint density at radius 1 is 1.26 bits per heavy atom. The molecule has 0 aliphatic heterocycles. The quantitative estimate of drug-likeness (QED) is 0.851. The normalized spacial score (nSPS) is 12.6. The molecular weight excluding hydrogens is 256 g/mol. The third-order valence-electron chi connectivity index (χ3n) is 2.90. The van der Waals surface area contributed by atoms with E-state index in [0.29, 0.717) is 12.5 Å². The van der Waals surface area contributed by atoms with Gasteiger partial charge in [0.1, 0.15) is 5.82 Å². The van der Waals surface area contributed by atoms with Crippen molar-refractivity contribution >= 4 is 16.7 Å². The van der Waals surface area contributed by atoms with Crippen LogP contribution < -0.4 is 11.1 Å². The molecule has 0 saturated carbocycles. The summed E-state index contributed by atoms with van der Waals surface area (Å²) in [5.74, 6) is 1.25. The molecule has 0 fully saturated rings. The molecule has 0 aliphatic carbocycles. The molecule has 2 rings (SSSR count). The van der Waals surface area contributed by atoms with Crippen molar-refractivity contribution in [3.8, 4) is 0 Å². The van der Waals surface area contributed by atoms with Gasteiger partial charge in [-0.3, -0.25) is 0 Å². The third kappa shape index (κ3) is 4.01. The van der Waals surface area contributed by atoms with Crippen molar-refractivity contribution in [3.63, 3.8) is 0 Å². The molecule has 0 aliphatic rings. The highest BCUT2D eigenvalue weighted by Crippen LogP contribution is 2.18. The number of nitrogens with one attached hydrogen (secondary N) is 1. The molecule has 1 atom stereocenters. The van der Waals surface area contributed by atoms with Gasteiger partial charge in [-0.1, -0.05) is 44.2 Å². The molecule has 1 aromatic heterocycles. The molecule has 1 unspecified atom stereocenters. The van der Waals surface area contributed by atoms with Gasteiger partial charge in [0.2, 0.25) is 5.13 Å². The summed E-state index contributed by atoms with van der Waals surface area (Å²) in [5.41, 5.74) is 7.11. The first-order valence-electron chi connectivity index (χ1n) is 6.53. The Morgan fingerprint density at radius 2 is 2.00 bits per heavy atom. The van der Waals surface area contributed by atoms with E-state index in [2.05, 4.69) is 40.7 Å². The van der Waals surface area contributed by atoms with Crippen LogP contribution in [-0.4, -0.2) is 21.9 Å². The Labute approximate surface area is 118 Å². The first-order valence-corrected chi connectivity index (χ1v) is 7.30. The van der Waals surface area contributed by atoms with E-state index in [1.54, 1.807) is 0 Å². The standard InChI is InChI=1S/C14H20N4S/c1-10(2)13-17-14(19-18-13)16-12(9-15)8-11-6-4-3-5-7-11/h3-7,10,12H,8-9,15H2,1-2H3,(H,16,17,18). The monoisotopic (exact) mass is 276 g/mol. The number of aromatic nitrogens is 2. The molecule has 5 heteroatoms. The summed E-state index contributed by atoms with van der Waals surface area (Å²) in [6.07, 6.45) is 0.897. The van der Waals surface area contributed by atoms with Gasteiger partial charge in [-0.25, -0.2) is 4.98 Å². The fraction of sp³-hybridized carbons (Fsp3) is 0.429. The van der Waals surface area contributed by atoms with Crippen LogP contribution in [0.3, 0.4) is 0 Å². The van der Waals surface area contributed by atoms with Crippen LogP contribution in [0.1, 0.15) is 31.2 Å². The summed E-state index contributed by atoms with van der Waals surface area (Å²) < 4.78 is 4.34. The minimum atomic E-state index is 0.190. The van der Waals surface area contributed by atoms with Crippen molar-refractivity contribution in [3.05, 3.63) is 41.7 Å². The molecule has 0 spiro atoms. The van der Waals surface area contributed by atoms with E-state index < -0.39 is 0 Å². The maximum Gasteiger partial charge on any atom is 0.202 e. The van der Waals surface area contributed by atoms with E-state index in [0.717, 1.165) is 17.4 Å². The highest BCUT2D eigenvalue weighted by Gasteiger charge is 2.12. The third-order valence-corrected chi connectivity index (χ3v) is 3.56. The SMILES string of the molecule is CC(C)c1nsc(NC(CN)Cc2ccccc2)n1. The predicted molar refractivity (Wildman–Crippen MR) is 80.6 cm³/mol. The number of hydrogen-bond acceptors (Lipinski definition) is 5. The summed E-state index contributed by atoms with van der Waals surface area (Å²) >= 11 is 1.40. The van der Waals surface area contributed by atoms with Crippen molar-refractivity contribution < 1.29 is 0 Å². The van der Waals surface area contributed by atoms with Crippen LogP contribution in [0.5, 0.6) is 0 Å². The minimum Gasteiger partial charge on any atom is -0.356 e. The largest absolute Gasteiger partial charge is 0.356 e. The van der Waals surface area contributed by atoms with Crippen LogP contribution in [0.25, 0.3) is 0 Å². The van der Waals surface area contributed by atoms with Gasteiger partial charge in [-0.15, -0.1) is 0 Å². The Balaban J connectivity index is 1.98. The van der Waals surface area contributed by atoms with E-state index in [1.807, 2.05) is 18.2 Å². The van der Waals surface area contributed by atoms with Crippen molar-refractivity contribution in [1.82, 2.24) is 9.36 Å². The van der Waals surface area contributed by atoms with E-state index in [-0.39, 0.29) is 6.04 Å². The number of hydrogen-bond donors (Lipinski definition) is 2. The zero-order valence-electron chi connectivity index (χ0n) is 11.3. The smallest absolute Gasteiger partial charge is 0.202 e. The van der Waals surface area contributed by atoms with Crippen molar-refractivity contribution in [1.29, 1.82) is 0 Å². The molecule has 1 heterocycles. The average molecular weight is 276 g/mol. The molecule has 2 aromatic rings. The molecule has 1 aromatic carbocycles. The fourth-order valence-electron chi connectivity index (χ4n) is 1.79. The van der Waals surface area contributed by atoms with Gasteiger partial charge in [-0.05, 0) is 12.0 Å². The minimum absolute atomic E-state index is 0.190. The number of rotatable bonds is 6. The van der Waals surface area contributed by atoms with Crippen LogP contribution >= 0.6 is 11.5 Å². The number of anilines is 1. The Bertz CT molecular complexity index is 495. The highest BCUT2D eigenvalue weighted by atomic mass is 32.1. The molecular formula is C14H20N4S. The lowest BCUT2D eigenvalue weighted by molar-refractivity contribution is 0.720. The molecule has 0 radical (unpaired) electrons. The van der Waals surface area contributed by atoms with Gasteiger partial charge in [-0.2, -0.15) is 4.37 Å². The van der Waals surface area contributed by atoms with Gasteiger partial charge in [0.15, 0.2) is 0 Å². The Hall–Kier alpha value is -1.46.